The lowest BCUT2D eigenvalue weighted by molar-refractivity contribution is -0.134. The number of ketones is 1. The van der Waals surface area contributed by atoms with Crippen LogP contribution in [0, 0.1) is 28.6 Å². The van der Waals surface area contributed by atoms with E-state index in [1.807, 2.05) is 0 Å². The van der Waals surface area contributed by atoms with Gasteiger partial charge in [0.1, 0.15) is 5.78 Å². The van der Waals surface area contributed by atoms with Crippen molar-refractivity contribution in [3.63, 3.8) is 0 Å². The van der Waals surface area contributed by atoms with Crippen molar-refractivity contribution in [2.24, 2.45) is 28.6 Å². The van der Waals surface area contributed by atoms with Crippen LogP contribution in [-0.2, 0) is 14.3 Å². The van der Waals surface area contributed by atoms with Gasteiger partial charge in [0.15, 0.2) is 0 Å². The highest BCUT2D eigenvalue weighted by Crippen LogP contribution is 2.64. The fourth-order valence-corrected chi connectivity index (χ4v) is 7.16. The molecule has 3 fully saturated rings. The van der Waals surface area contributed by atoms with Crippen molar-refractivity contribution < 1.29 is 14.3 Å². The molecule has 0 aromatic rings. The molecule has 4 aliphatic rings. The van der Waals surface area contributed by atoms with Gasteiger partial charge < -0.3 is 9.47 Å². The Morgan fingerprint density at radius 1 is 1.04 bits per heavy atom. The molecule has 0 spiro atoms. The molecule has 0 aliphatic heterocycles. The molecular weight excluding hydrogens is 324 g/mol. The Morgan fingerprint density at radius 3 is 2.65 bits per heavy atom. The quantitative estimate of drug-likeness (QED) is 0.652. The summed E-state index contributed by atoms with van der Waals surface area (Å²) >= 11 is 0. The molecule has 1 unspecified atom stereocenters. The maximum atomic E-state index is 12.6. The van der Waals surface area contributed by atoms with Crippen LogP contribution >= 0.6 is 0 Å². The molecule has 0 heterocycles. The Kier molecular flexibility index (Phi) is 5.07. The van der Waals surface area contributed by atoms with Gasteiger partial charge in [-0.3, -0.25) is 4.79 Å². The van der Waals surface area contributed by atoms with Crippen LogP contribution in [0.3, 0.4) is 0 Å². The predicted molar refractivity (Wildman–Crippen MR) is 103 cm³/mol. The van der Waals surface area contributed by atoms with Gasteiger partial charge in [-0.2, -0.15) is 0 Å². The molecule has 4 rings (SSSR count). The molecule has 0 bridgehead atoms. The molecule has 4 aliphatic carbocycles. The Hall–Kier alpha value is -0.670. The number of hydrogen-bond acceptors (Lipinski definition) is 3. The monoisotopic (exact) mass is 360 g/mol. The van der Waals surface area contributed by atoms with Gasteiger partial charge in [-0.25, -0.2) is 0 Å². The summed E-state index contributed by atoms with van der Waals surface area (Å²) in [7, 11) is 0. The second-order valence-corrected chi connectivity index (χ2v) is 9.35. The number of hydrogen-bond donors (Lipinski definition) is 0. The van der Waals surface area contributed by atoms with E-state index >= 15 is 0 Å². The summed E-state index contributed by atoms with van der Waals surface area (Å²) in [6, 6.07) is 0. The Labute approximate surface area is 158 Å². The van der Waals surface area contributed by atoms with E-state index in [0.29, 0.717) is 29.6 Å². The van der Waals surface area contributed by atoms with E-state index in [9.17, 15) is 4.79 Å². The van der Waals surface area contributed by atoms with Crippen LogP contribution in [0.25, 0.3) is 0 Å². The molecule has 0 aromatic heterocycles. The van der Waals surface area contributed by atoms with Crippen molar-refractivity contribution in [3.05, 3.63) is 11.6 Å². The van der Waals surface area contributed by atoms with E-state index < -0.39 is 0 Å². The number of carbonyl (C=O) groups excluding carboxylic acids is 1. The van der Waals surface area contributed by atoms with Crippen molar-refractivity contribution in [3.8, 4) is 0 Å². The molecular formula is C23H36O3. The molecule has 3 nitrogen and oxygen atoms in total. The minimum atomic E-state index is -0.0300. The zero-order valence-corrected chi connectivity index (χ0v) is 16.9. The standard InChI is InChI=1S/C23H36O3/c1-4-25-15-23-13-10-17(26-5-2)14-16(23)6-7-18-19-8-9-21(24)22(19,3)12-11-20(18)23/h14,17-20H,4-13,15H2,1-3H3/t17?,18-,19-,20-,22-,23+/m0/s1. The van der Waals surface area contributed by atoms with Crippen molar-refractivity contribution in [1.29, 1.82) is 0 Å². The number of Topliss-reactive ketones (excluding diaryl/α,β-unsaturated/α-hetero) is 1. The van der Waals surface area contributed by atoms with Gasteiger partial charge in [-0.1, -0.05) is 18.6 Å². The third kappa shape index (κ3) is 2.73. The van der Waals surface area contributed by atoms with Gasteiger partial charge in [0.25, 0.3) is 0 Å². The molecule has 0 saturated heterocycles. The van der Waals surface area contributed by atoms with Gasteiger partial charge in [0.2, 0.25) is 0 Å². The smallest absolute Gasteiger partial charge is 0.139 e. The summed E-state index contributed by atoms with van der Waals surface area (Å²) in [6.07, 6.45) is 11.7. The Balaban J connectivity index is 1.66. The van der Waals surface area contributed by atoms with Crippen LogP contribution in [0.2, 0.25) is 0 Å². The normalized spacial score (nSPS) is 44.9. The summed E-state index contributed by atoms with van der Waals surface area (Å²) in [5, 5.41) is 0. The Morgan fingerprint density at radius 2 is 1.88 bits per heavy atom. The van der Waals surface area contributed by atoms with E-state index in [0.717, 1.165) is 45.5 Å². The molecule has 3 heteroatoms. The lowest BCUT2D eigenvalue weighted by Gasteiger charge is -2.58. The van der Waals surface area contributed by atoms with Crippen LogP contribution in [0.15, 0.2) is 11.6 Å². The highest BCUT2D eigenvalue weighted by molar-refractivity contribution is 5.87. The molecule has 146 valence electrons. The van der Waals surface area contributed by atoms with Gasteiger partial charge in [0.05, 0.1) is 12.7 Å². The SMILES string of the molecule is CCOC[C@]12CCC(OCC)C=C1CC[C@@H]1[C@@H]2CC[C@]2(C)C(=O)CC[C@@H]12. The topological polar surface area (TPSA) is 35.5 Å². The maximum Gasteiger partial charge on any atom is 0.139 e. The fraction of sp³-hybridized carbons (Fsp3) is 0.870. The zero-order valence-electron chi connectivity index (χ0n) is 16.9. The number of rotatable bonds is 5. The highest BCUT2D eigenvalue weighted by atomic mass is 16.5. The summed E-state index contributed by atoms with van der Waals surface area (Å²) in [5.74, 6) is 2.56. The first kappa shape index (κ1) is 18.7. The van der Waals surface area contributed by atoms with E-state index in [1.54, 1.807) is 5.57 Å². The van der Waals surface area contributed by atoms with Crippen molar-refractivity contribution >= 4 is 5.78 Å². The Bertz CT molecular complexity index is 582. The number of fused-ring (bicyclic) bond motifs is 5. The van der Waals surface area contributed by atoms with E-state index in [-0.39, 0.29) is 10.8 Å². The van der Waals surface area contributed by atoms with Crippen molar-refractivity contribution in [2.45, 2.75) is 78.2 Å². The fourth-order valence-electron chi connectivity index (χ4n) is 7.16. The summed E-state index contributed by atoms with van der Waals surface area (Å²) in [4.78, 5) is 12.6. The first-order valence-corrected chi connectivity index (χ1v) is 11.0. The first-order valence-electron chi connectivity index (χ1n) is 11.0. The minimum absolute atomic E-state index is 0.0300. The molecule has 3 saturated carbocycles. The molecule has 0 amide bonds. The van der Waals surface area contributed by atoms with Crippen molar-refractivity contribution in [1.82, 2.24) is 0 Å². The predicted octanol–water partition coefficient (Wildman–Crippen LogP) is 4.94. The minimum Gasteiger partial charge on any atom is -0.381 e. The third-order valence-corrected chi connectivity index (χ3v) is 8.45. The van der Waals surface area contributed by atoms with E-state index in [1.165, 1.54) is 25.7 Å². The second-order valence-electron chi connectivity index (χ2n) is 9.35. The van der Waals surface area contributed by atoms with Gasteiger partial charge in [-0.15, -0.1) is 0 Å². The van der Waals surface area contributed by atoms with Crippen LogP contribution < -0.4 is 0 Å². The summed E-state index contributed by atoms with van der Waals surface area (Å²) in [5.41, 5.74) is 1.79. The molecule has 0 N–H and O–H groups in total. The molecule has 26 heavy (non-hydrogen) atoms. The van der Waals surface area contributed by atoms with Gasteiger partial charge >= 0.3 is 0 Å². The first-order chi connectivity index (χ1) is 12.5. The van der Waals surface area contributed by atoms with Gasteiger partial charge in [-0.05, 0) is 76.5 Å². The largest absolute Gasteiger partial charge is 0.381 e. The zero-order chi connectivity index (χ0) is 18.4. The molecule has 0 aromatic carbocycles. The van der Waals surface area contributed by atoms with E-state index in [4.69, 9.17) is 9.47 Å². The lowest BCUT2D eigenvalue weighted by atomic mass is 9.47. The summed E-state index contributed by atoms with van der Waals surface area (Å²) in [6.45, 7) is 8.93. The average Bonchev–Trinajstić information content (AvgIpc) is 2.95. The van der Waals surface area contributed by atoms with Crippen LogP contribution in [0.5, 0.6) is 0 Å². The molecule has 0 radical (unpaired) electrons. The maximum absolute atomic E-state index is 12.6. The average molecular weight is 361 g/mol. The van der Waals surface area contributed by atoms with Crippen LogP contribution in [-0.4, -0.2) is 31.7 Å². The highest BCUT2D eigenvalue weighted by Gasteiger charge is 2.60. The van der Waals surface area contributed by atoms with Crippen LogP contribution in [0.4, 0.5) is 0 Å². The van der Waals surface area contributed by atoms with E-state index in [2.05, 4.69) is 26.8 Å². The van der Waals surface area contributed by atoms with Crippen molar-refractivity contribution in [2.75, 3.05) is 19.8 Å². The number of carbonyl (C=O) groups is 1. The molecule has 6 atom stereocenters. The van der Waals surface area contributed by atoms with Gasteiger partial charge in [0, 0.05) is 30.5 Å². The lowest BCUT2D eigenvalue weighted by Crippen LogP contribution is -2.53. The number of ether oxygens (including phenoxy) is 2. The third-order valence-electron chi connectivity index (χ3n) is 8.45. The van der Waals surface area contributed by atoms with Crippen LogP contribution in [0.1, 0.15) is 72.1 Å². The second kappa shape index (κ2) is 7.05. The summed E-state index contributed by atoms with van der Waals surface area (Å²) < 4.78 is 12.0.